The van der Waals surface area contributed by atoms with Crippen molar-refractivity contribution in [3.05, 3.63) is 101 Å². The Labute approximate surface area is 289 Å². The Kier molecular flexibility index (Phi) is 13.1. The molecule has 4 aromatic rings. The minimum absolute atomic E-state index is 0.188. The maximum Gasteiger partial charge on any atom is 0.410 e. The molecule has 3 N–H and O–H groups in total. The number of benzene rings is 3. The van der Waals surface area contributed by atoms with Crippen LogP contribution in [0.1, 0.15) is 60.6 Å². The van der Waals surface area contributed by atoms with Gasteiger partial charge in [0, 0.05) is 32.7 Å². The molecule has 1 aromatic heterocycles. The van der Waals surface area contributed by atoms with E-state index in [9.17, 15) is 4.79 Å². The highest BCUT2D eigenvalue weighted by Crippen LogP contribution is 2.34. The number of carbonyl (C=O) groups is 1. The molecule has 1 aliphatic heterocycles. The lowest BCUT2D eigenvalue weighted by Gasteiger charge is -2.27. The van der Waals surface area contributed by atoms with Gasteiger partial charge in [-0.15, -0.1) is 0 Å². The van der Waals surface area contributed by atoms with E-state index in [0.717, 1.165) is 60.7 Å². The summed E-state index contributed by atoms with van der Waals surface area (Å²) in [4.78, 5) is 26.4. The normalized spacial score (nSPS) is 12.9. The minimum Gasteiger partial charge on any atom is -0.497 e. The third-order valence-corrected chi connectivity index (χ3v) is 8.41. The zero-order valence-electron chi connectivity index (χ0n) is 28.8. The van der Waals surface area contributed by atoms with Crippen LogP contribution in [0.5, 0.6) is 23.3 Å². The topological polar surface area (TPSA) is 124 Å². The number of hydrogen-bond donors (Lipinski definition) is 2. The van der Waals surface area contributed by atoms with Crippen molar-refractivity contribution < 1.29 is 23.7 Å². The Balaban J connectivity index is 1.47. The summed E-state index contributed by atoms with van der Waals surface area (Å²) in [6.45, 7) is 7.57. The molecule has 0 atom stereocenters. The van der Waals surface area contributed by atoms with E-state index in [1.165, 1.54) is 18.4 Å². The molecule has 0 unspecified atom stereocenters. The van der Waals surface area contributed by atoms with Gasteiger partial charge in [0.1, 0.15) is 17.2 Å². The molecule has 49 heavy (non-hydrogen) atoms. The highest BCUT2D eigenvalue weighted by molar-refractivity contribution is 5.72. The van der Waals surface area contributed by atoms with Gasteiger partial charge in [-0.1, -0.05) is 61.9 Å². The number of carbonyl (C=O) groups excluding carboxylic acids is 1. The lowest BCUT2D eigenvalue weighted by atomic mass is 10.1. The van der Waals surface area contributed by atoms with Crippen molar-refractivity contribution in [2.24, 2.45) is 5.73 Å². The lowest BCUT2D eigenvalue weighted by Crippen LogP contribution is -2.28. The molecule has 1 aliphatic rings. The highest BCUT2D eigenvalue weighted by Gasteiger charge is 2.24. The zero-order chi connectivity index (χ0) is 34.4. The second kappa shape index (κ2) is 18.0. The van der Waals surface area contributed by atoms with Crippen LogP contribution in [0.2, 0.25) is 0 Å². The fourth-order valence-electron chi connectivity index (χ4n) is 5.84. The van der Waals surface area contributed by atoms with Crippen LogP contribution in [-0.4, -0.2) is 54.9 Å². The smallest absolute Gasteiger partial charge is 0.410 e. The molecule has 3 aromatic carbocycles. The first kappa shape index (κ1) is 35.4. The van der Waals surface area contributed by atoms with Crippen LogP contribution in [-0.2, 0) is 32.7 Å². The molecular formula is C38H48N6O5. The van der Waals surface area contributed by atoms with E-state index in [4.69, 9.17) is 34.6 Å². The number of amides is 1. The van der Waals surface area contributed by atoms with Gasteiger partial charge in [-0.25, -0.2) is 4.79 Å². The minimum atomic E-state index is -0.950. The average molecular weight is 669 g/mol. The predicted molar refractivity (Wildman–Crippen MR) is 190 cm³/mol. The van der Waals surface area contributed by atoms with Gasteiger partial charge in [-0.3, -0.25) is 4.90 Å². The number of anilines is 1. The Morgan fingerprint density at radius 1 is 0.857 bits per heavy atom. The van der Waals surface area contributed by atoms with Crippen molar-refractivity contribution in [3.63, 3.8) is 0 Å². The summed E-state index contributed by atoms with van der Waals surface area (Å²) in [6.07, 6.45) is 3.39. The van der Waals surface area contributed by atoms with Gasteiger partial charge < -0.3 is 34.9 Å². The molecule has 1 amide bonds. The van der Waals surface area contributed by atoms with E-state index in [-0.39, 0.29) is 18.3 Å². The number of rotatable bonds is 18. The first-order chi connectivity index (χ1) is 23.9. The Hall–Kier alpha value is -4.87. The molecule has 2 heterocycles. The van der Waals surface area contributed by atoms with Crippen LogP contribution in [0.15, 0.2) is 72.8 Å². The van der Waals surface area contributed by atoms with E-state index in [1.807, 2.05) is 53.4 Å². The standard InChI is InChI=1S/C38H48N6O5/c1-4-5-21-48-38-41-34(24-40-23-30-9-8-10-31(22-30)25-43-19-6-7-20-43)35(49-37(39)45)36(42-38)44(26-28-11-15-32(46-2)16-12-28)27-29-13-17-33(47-3)18-14-29/h8-18,22,40H,4-7,19-21,23-27H2,1-3H3,(H2,39,45). The van der Waals surface area contributed by atoms with Crippen LogP contribution in [0.25, 0.3) is 0 Å². The van der Waals surface area contributed by atoms with Gasteiger partial charge in [0.25, 0.3) is 0 Å². The van der Waals surface area contributed by atoms with E-state index >= 15 is 0 Å². The first-order valence-electron chi connectivity index (χ1n) is 17.0. The summed E-state index contributed by atoms with van der Waals surface area (Å²) >= 11 is 0. The summed E-state index contributed by atoms with van der Waals surface area (Å²) in [5, 5.41) is 3.50. The van der Waals surface area contributed by atoms with Crippen molar-refractivity contribution in [2.75, 3.05) is 38.8 Å². The predicted octanol–water partition coefficient (Wildman–Crippen LogP) is 6.22. The van der Waals surface area contributed by atoms with E-state index in [1.54, 1.807) is 14.2 Å². The number of likely N-dealkylation sites (tertiary alicyclic amines) is 1. The number of methoxy groups -OCH3 is 2. The molecule has 260 valence electrons. The number of ether oxygens (including phenoxy) is 4. The van der Waals surface area contributed by atoms with Crippen LogP contribution in [0.3, 0.4) is 0 Å². The number of nitrogens with one attached hydrogen (secondary N) is 1. The summed E-state index contributed by atoms with van der Waals surface area (Å²) in [5.41, 5.74) is 10.6. The van der Waals surface area contributed by atoms with Gasteiger partial charge in [0.2, 0.25) is 0 Å². The van der Waals surface area contributed by atoms with Crippen molar-refractivity contribution in [3.8, 4) is 23.3 Å². The maximum absolute atomic E-state index is 12.4. The third-order valence-electron chi connectivity index (χ3n) is 8.41. The molecule has 0 bridgehead atoms. The van der Waals surface area contributed by atoms with E-state index in [0.29, 0.717) is 37.8 Å². The zero-order valence-corrected chi connectivity index (χ0v) is 28.8. The molecule has 0 aliphatic carbocycles. The molecule has 0 radical (unpaired) electrons. The fraction of sp³-hybridized carbons (Fsp3) is 0.395. The van der Waals surface area contributed by atoms with Crippen LogP contribution in [0.4, 0.5) is 10.6 Å². The Morgan fingerprint density at radius 2 is 1.49 bits per heavy atom. The van der Waals surface area contributed by atoms with E-state index < -0.39 is 6.09 Å². The van der Waals surface area contributed by atoms with Crippen LogP contribution < -0.4 is 34.9 Å². The summed E-state index contributed by atoms with van der Waals surface area (Å²) in [7, 11) is 3.28. The van der Waals surface area contributed by atoms with Crippen LogP contribution >= 0.6 is 0 Å². The lowest BCUT2D eigenvalue weighted by molar-refractivity contribution is 0.209. The summed E-state index contributed by atoms with van der Waals surface area (Å²) in [6, 6.07) is 24.5. The fourth-order valence-corrected chi connectivity index (χ4v) is 5.84. The highest BCUT2D eigenvalue weighted by atomic mass is 16.6. The number of nitrogens with zero attached hydrogens (tertiary/aromatic N) is 4. The SMILES string of the molecule is CCCCOc1nc(CNCc2cccc(CN3CCCC3)c2)c(OC(N)=O)c(N(Cc2ccc(OC)cc2)Cc2ccc(OC)cc2)n1. The average Bonchev–Trinajstić information content (AvgIpc) is 3.62. The largest absolute Gasteiger partial charge is 0.497 e. The van der Waals surface area contributed by atoms with Crippen molar-refractivity contribution in [1.82, 2.24) is 20.2 Å². The monoisotopic (exact) mass is 668 g/mol. The van der Waals surface area contributed by atoms with Gasteiger partial charge in [0.15, 0.2) is 11.6 Å². The second-order valence-electron chi connectivity index (χ2n) is 12.2. The molecule has 11 heteroatoms. The Morgan fingerprint density at radius 3 is 2.08 bits per heavy atom. The third kappa shape index (κ3) is 10.6. The number of primary amides is 1. The summed E-state index contributed by atoms with van der Waals surface area (Å²) in [5.74, 6) is 2.10. The molecule has 0 saturated carbocycles. The van der Waals surface area contributed by atoms with Crippen molar-refractivity contribution >= 4 is 11.9 Å². The van der Waals surface area contributed by atoms with E-state index in [2.05, 4.69) is 41.4 Å². The number of unbranched alkanes of at least 4 members (excludes halogenated alkanes) is 1. The first-order valence-corrected chi connectivity index (χ1v) is 17.0. The van der Waals surface area contributed by atoms with Gasteiger partial charge in [0.05, 0.1) is 20.8 Å². The van der Waals surface area contributed by atoms with Crippen molar-refractivity contribution in [2.45, 2.75) is 65.3 Å². The molecule has 1 saturated heterocycles. The molecule has 0 spiro atoms. The van der Waals surface area contributed by atoms with Gasteiger partial charge in [-0.2, -0.15) is 9.97 Å². The molecule has 1 fully saturated rings. The van der Waals surface area contributed by atoms with Gasteiger partial charge in [-0.05, 0) is 78.9 Å². The number of aromatic nitrogens is 2. The Bertz CT molecular complexity index is 1580. The quantitative estimate of drug-likeness (QED) is 0.118. The number of hydrogen-bond acceptors (Lipinski definition) is 10. The van der Waals surface area contributed by atoms with Crippen LogP contribution in [0, 0.1) is 0 Å². The number of nitrogens with two attached hydrogens (primary N) is 1. The molecule has 5 rings (SSSR count). The molecule has 11 nitrogen and oxygen atoms in total. The molecular weight excluding hydrogens is 620 g/mol. The van der Waals surface area contributed by atoms with Gasteiger partial charge >= 0.3 is 12.1 Å². The second-order valence-corrected chi connectivity index (χ2v) is 12.2. The maximum atomic E-state index is 12.4. The summed E-state index contributed by atoms with van der Waals surface area (Å²) < 4.78 is 22.5. The van der Waals surface area contributed by atoms with Crippen molar-refractivity contribution in [1.29, 1.82) is 0 Å².